The highest BCUT2D eigenvalue weighted by atomic mass is 35.5. The number of aromatic hydroxyl groups is 1. The Morgan fingerprint density at radius 2 is 1.08 bits per heavy atom. The van der Waals surface area contributed by atoms with E-state index in [4.69, 9.17) is 86.8 Å². The van der Waals surface area contributed by atoms with Gasteiger partial charge in [0.05, 0.1) is 34.3 Å². The van der Waals surface area contributed by atoms with Gasteiger partial charge >= 0.3 is 11.9 Å². The highest BCUT2D eigenvalue weighted by molar-refractivity contribution is 6.38. The van der Waals surface area contributed by atoms with Crippen LogP contribution in [0.5, 0.6) is 23.0 Å². The molecule has 1 N–H and O–H groups in total. The van der Waals surface area contributed by atoms with Crippen LogP contribution in [0.25, 0.3) is 0 Å². The summed E-state index contributed by atoms with van der Waals surface area (Å²) in [7, 11) is 2.93. The molecule has 8 nitrogen and oxygen atoms in total. The Hall–Kier alpha value is -1.97. The third kappa shape index (κ3) is 16.0. The van der Waals surface area contributed by atoms with E-state index in [2.05, 4.69) is 0 Å². The van der Waals surface area contributed by atoms with Crippen LogP contribution in [0.1, 0.15) is 41.5 Å². The molecule has 0 fully saturated rings. The molecule has 0 aliphatic heterocycles. The van der Waals surface area contributed by atoms with Crippen molar-refractivity contribution in [3.8, 4) is 23.0 Å². The lowest BCUT2D eigenvalue weighted by molar-refractivity contribution is -0.157. The van der Waals surface area contributed by atoms with Gasteiger partial charge in [-0.2, -0.15) is 0 Å². The number of alkyl halides is 1. The fraction of sp³-hybridized carbons (Fsp3) is 0.462. The van der Waals surface area contributed by atoms with Gasteiger partial charge in [-0.1, -0.05) is 46.4 Å². The number of rotatable bonds is 6. The van der Waals surface area contributed by atoms with Gasteiger partial charge in [0, 0.05) is 24.3 Å². The molecule has 2 aromatic carbocycles. The van der Waals surface area contributed by atoms with E-state index in [1.165, 1.54) is 38.5 Å². The second-order valence-corrected chi connectivity index (χ2v) is 11.4. The van der Waals surface area contributed by atoms with E-state index in [1.54, 1.807) is 41.5 Å². The molecule has 0 aliphatic rings. The van der Waals surface area contributed by atoms with Gasteiger partial charge in [-0.3, -0.25) is 4.79 Å². The normalized spacial score (nSPS) is 10.7. The first-order valence-corrected chi connectivity index (χ1v) is 13.3. The van der Waals surface area contributed by atoms with Crippen LogP contribution < -0.4 is 14.2 Å². The SMILES string of the molecule is CC(C)(C)OC(=O)CCl.COc1c(Cl)cc(O)cc1Cl.COc1c(Cl)cc(OCC(=O)OC(C)(C)C)cc1Cl. The van der Waals surface area contributed by atoms with Crippen molar-refractivity contribution in [2.24, 2.45) is 0 Å². The summed E-state index contributed by atoms with van der Waals surface area (Å²) < 4.78 is 25.1. The van der Waals surface area contributed by atoms with Crippen molar-refractivity contribution in [2.45, 2.75) is 52.7 Å². The Morgan fingerprint density at radius 3 is 1.38 bits per heavy atom. The highest BCUT2D eigenvalue weighted by Gasteiger charge is 2.17. The van der Waals surface area contributed by atoms with Gasteiger partial charge in [0.15, 0.2) is 18.1 Å². The van der Waals surface area contributed by atoms with Gasteiger partial charge < -0.3 is 28.8 Å². The fourth-order valence-corrected chi connectivity index (χ4v) is 3.74. The van der Waals surface area contributed by atoms with Gasteiger partial charge in [0.2, 0.25) is 0 Å². The van der Waals surface area contributed by atoms with Gasteiger partial charge in [-0.05, 0) is 41.5 Å². The van der Waals surface area contributed by atoms with Crippen molar-refractivity contribution in [1.29, 1.82) is 0 Å². The number of hydrogen-bond acceptors (Lipinski definition) is 8. The first-order chi connectivity index (χ1) is 17.8. The molecule has 0 aliphatic carbocycles. The summed E-state index contributed by atoms with van der Waals surface area (Å²) in [5, 5.41) is 10.2. The molecule has 0 heterocycles. The Labute approximate surface area is 254 Å². The monoisotopic (exact) mass is 648 g/mol. The van der Waals surface area contributed by atoms with Crippen molar-refractivity contribution in [1.82, 2.24) is 0 Å². The van der Waals surface area contributed by atoms with Crippen molar-refractivity contribution in [2.75, 3.05) is 26.7 Å². The molecule has 0 radical (unpaired) electrons. The summed E-state index contributed by atoms with van der Waals surface area (Å²) in [4.78, 5) is 22.0. The number of halogens is 5. The van der Waals surface area contributed by atoms with E-state index in [9.17, 15) is 9.59 Å². The highest BCUT2D eigenvalue weighted by Crippen LogP contribution is 2.37. The van der Waals surface area contributed by atoms with Crippen molar-refractivity contribution >= 4 is 69.9 Å². The minimum Gasteiger partial charge on any atom is -0.508 e. The standard InChI is InChI=1S/C13H16Cl2O4.C7H6Cl2O2.C6H11ClO2/c1-13(2,3)19-11(16)7-18-8-5-9(14)12(17-4)10(15)6-8;1-11-7-5(8)2-4(10)3-6(7)9;1-6(2,3)9-5(8)4-7/h5-6H,7H2,1-4H3;2-3,10H,1H3;4H2,1-3H3. The van der Waals surface area contributed by atoms with Gasteiger partial charge in [-0.15, -0.1) is 11.6 Å². The number of esters is 2. The average molecular weight is 651 g/mol. The molecular weight excluding hydrogens is 618 g/mol. The lowest BCUT2D eigenvalue weighted by atomic mass is 10.2. The summed E-state index contributed by atoms with van der Waals surface area (Å²) in [6.07, 6.45) is 0. The molecule has 0 bridgehead atoms. The van der Waals surface area contributed by atoms with Crippen molar-refractivity contribution < 1.29 is 38.4 Å². The third-order valence-electron chi connectivity index (χ3n) is 3.67. The summed E-state index contributed by atoms with van der Waals surface area (Å²) >= 11 is 28.4. The number of carbonyl (C=O) groups is 2. The number of carbonyl (C=O) groups excluding carboxylic acids is 2. The van der Waals surface area contributed by atoms with Crippen LogP contribution in [0, 0.1) is 0 Å². The van der Waals surface area contributed by atoms with E-state index in [1.807, 2.05) is 0 Å². The lowest BCUT2D eigenvalue weighted by Crippen LogP contribution is -2.27. The molecule has 0 amide bonds. The molecule has 13 heteroatoms. The fourth-order valence-electron chi connectivity index (χ4n) is 2.44. The van der Waals surface area contributed by atoms with Crippen LogP contribution in [0.2, 0.25) is 20.1 Å². The number of methoxy groups -OCH3 is 2. The van der Waals surface area contributed by atoms with E-state index in [0.29, 0.717) is 37.3 Å². The van der Waals surface area contributed by atoms with Crippen LogP contribution in [0.3, 0.4) is 0 Å². The smallest absolute Gasteiger partial charge is 0.344 e. The molecule has 2 aromatic rings. The summed E-state index contributed by atoms with van der Waals surface area (Å²) in [5.41, 5.74) is -0.957. The molecule has 0 atom stereocenters. The van der Waals surface area contributed by atoms with E-state index >= 15 is 0 Å². The Kier molecular flexibility index (Phi) is 16.1. The maximum Gasteiger partial charge on any atom is 0.344 e. The molecule has 2 rings (SSSR count). The molecule has 0 aromatic heterocycles. The summed E-state index contributed by atoms with van der Waals surface area (Å²) in [6.45, 7) is 10.5. The van der Waals surface area contributed by atoms with Crippen LogP contribution in [0.4, 0.5) is 0 Å². The quantitative estimate of drug-likeness (QED) is 0.248. The van der Waals surface area contributed by atoms with Crippen molar-refractivity contribution in [3.63, 3.8) is 0 Å². The number of phenolic OH excluding ortho intramolecular Hbond substituents is 1. The van der Waals surface area contributed by atoms with Crippen molar-refractivity contribution in [3.05, 3.63) is 44.4 Å². The molecule has 0 unspecified atom stereocenters. The third-order valence-corrected chi connectivity index (χ3v) is 5.01. The predicted octanol–water partition coefficient (Wildman–Crippen LogP) is 8.00. The van der Waals surface area contributed by atoms with E-state index in [0.717, 1.165) is 0 Å². The molecular formula is C26H33Cl5O8. The number of ether oxygens (including phenoxy) is 5. The predicted molar refractivity (Wildman–Crippen MR) is 156 cm³/mol. The van der Waals surface area contributed by atoms with E-state index < -0.39 is 17.2 Å². The zero-order valence-electron chi connectivity index (χ0n) is 22.9. The maximum atomic E-state index is 11.5. The van der Waals surface area contributed by atoms with Crippen LogP contribution in [-0.4, -0.2) is 55.0 Å². The number of hydrogen-bond donors (Lipinski definition) is 1. The average Bonchev–Trinajstić information content (AvgIpc) is 2.76. The minimum atomic E-state index is -0.546. The minimum absolute atomic E-state index is 0.0285. The summed E-state index contributed by atoms with van der Waals surface area (Å²) in [5.74, 6) is 0.248. The zero-order valence-corrected chi connectivity index (χ0v) is 26.7. The Balaban J connectivity index is 0.000000612. The first-order valence-electron chi connectivity index (χ1n) is 11.2. The number of phenols is 1. The van der Waals surface area contributed by atoms with Gasteiger partial charge in [-0.25, -0.2) is 4.79 Å². The van der Waals surface area contributed by atoms with Crippen LogP contribution >= 0.6 is 58.0 Å². The van der Waals surface area contributed by atoms with Crippen LogP contribution in [-0.2, 0) is 19.1 Å². The Morgan fingerprint density at radius 1 is 0.718 bits per heavy atom. The van der Waals surface area contributed by atoms with Gasteiger partial charge in [0.1, 0.15) is 28.6 Å². The maximum absolute atomic E-state index is 11.5. The lowest BCUT2D eigenvalue weighted by Gasteiger charge is -2.19. The van der Waals surface area contributed by atoms with Crippen LogP contribution in [0.15, 0.2) is 24.3 Å². The largest absolute Gasteiger partial charge is 0.508 e. The van der Waals surface area contributed by atoms with Gasteiger partial charge in [0.25, 0.3) is 0 Å². The first kappa shape index (κ1) is 37.0. The molecule has 220 valence electrons. The second-order valence-electron chi connectivity index (χ2n) is 9.46. The number of benzene rings is 2. The molecule has 0 saturated carbocycles. The molecule has 39 heavy (non-hydrogen) atoms. The molecule has 0 spiro atoms. The summed E-state index contributed by atoms with van der Waals surface area (Å²) in [6, 6.07) is 5.78. The molecule has 0 saturated heterocycles. The van der Waals surface area contributed by atoms with E-state index in [-0.39, 0.29) is 24.2 Å². The topological polar surface area (TPSA) is 101 Å². The second kappa shape index (κ2) is 17.0. The zero-order chi connectivity index (χ0) is 30.6. The Bertz CT molecular complexity index is 1050.